The van der Waals surface area contributed by atoms with E-state index in [1.54, 1.807) is 26.2 Å². The minimum Gasteiger partial charge on any atom is -0.493 e. The third kappa shape index (κ3) is 3.40. The van der Waals surface area contributed by atoms with Crippen molar-refractivity contribution in [2.75, 3.05) is 13.7 Å². The summed E-state index contributed by atoms with van der Waals surface area (Å²) in [7, 11) is 1.56. The number of methoxy groups -OCH3 is 1. The second-order valence-electron chi connectivity index (χ2n) is 4.32. The highest BCUT2D eigenvalue weighted by Gasteiger charge is 2.05. The largest absolute Gasteiger partial charge is 0.493 e. The maximum atomic E-state index is 11.9. The molecule has 0 aliphatic rings. The average molecular weight is 320 g/mol. The summed E-state index contributed by atoms with van der Waals surface area (Å²) in [6.45, 7) is 4.03. The van der Waals surface area contributed by atoms with Gasteiger partial charge in [0.15, 0.2) is 11.5 Å². The highest BCUT2D eigenvalue weighted by molar-refractivity contribution is 7.71. The molecule has 0 atom stereocenters. The Morgan fingerprint density at radius 3 is 2.91 bits per heavy atom. The van der Waals surface area contributed by atoms with E-state index in [2.05, 4.69) is 15.3 Å². The maximum Gasteiger partial charge on any atom is 0.296 e. The Labute approximate surface area is 132 Å². The lowest BCUT2D eigenvalue weighted by atomic mass is 10.2. The molecule has 0 amide bonds. The SMILES string of the molecule is CCOc1ccc(/C=N\n2c(=S)[nH]nc(C)c2=O)cc1OC. The van der Waals surface area contributed by atoms with E-state index in [0.717, 1.165) is 10.2 Å². The number of ether oxygens (including phenoxy) is 2. The van der Waals surface area contributed by atoms with Crippen molar-refractivity contribution in [1.29, 1.82) is 0 Å². The molecule has 22 heavy (non-hydrogen) atoms. The molecule has 7 nitrogen and oxygen atoms in total. The van der Waals surface area contributed by atoms with E-state index in [9.17, 15) is 4.79 Å². The summed E-state index contributed by atoms with van der Waals surface area (Å²) in [4.78, 5) is 11.9. The third-order valence-electron chi connectivity index (χ3n) is 2.82. The first kappa shape index (κ1) is 15.9. The predicted octanol–water partition coefficient (Wildman–Crippen LogP) is 1.90. The molecule has 0 aliphatic heterocycles. The van der Waals surface area contributed by atoms with Gasteiger partial charge in [0.05, 0.1) is 19.9 Å². The van der Waals surface area contributed by atoms with Crippen molar-refractivity contribution in [3.05, 3.63) is 44.6 Å². The van der Waals surface area contributed by atoms with Gasteiger partial charge in [0.25, 0.3) is 5.56 Å². The van der Waals surface area contributed by atoms with Crippen LogP contribution in [0.1, 0.15) is 18.2 Å². The van der Waals surface area contributed by atoms with Gasteiger partial charge in [0.2, 0.25) is 4.77 Å². The Hall–Kier alpha value is -2.48. The molecule has 0 aliphatic carbocycles. The molecule has 0 saturated heterocycles. The van der Waals surface area contributed by atoms with Crippen LogP contribution >= 0.6 is 12.2 Å². The van der Waals surface area contributed by atoms with Gasteiger partial charge < -0.3 is 9.47 Å². The molecule has 1 aromatic heterocycles. The molecule has 116 valence electrons. The lowest BCUT2D eigenvalue weighted by Gasteiger charge is -2.09. The highest BCUT2D eigenvalue weighted by Crippen LogP contribution is 2.27. The first-order valence-corrected chi connectivity index (χ1v) is 7.01. The number of nitrogens with one attached hydrogen (secondary N) is 1. The van der Waals surface area contributed by atoms with Gasteiger partial charge in [-0.25, -0.2) is 0 Å². The summed E-state index contributed by atoms with van der Waals surface area (Å²) in [5.41, 5.74) is 0.670. The summed E-state index contributed by atoms with van der Waals surface area (Å²) in [5, 5.41) is 10.4. The lowest BCUT2D eigenvalue weighted by molar-refractivity contribution is 0.311. The van der Waals surface area contributed by atoms with Crippen LogP contribution in [0.3, 0.4) is 0 Å². The van der Waals surface area contributed by atoms with Crippen LogP contribution in [0.2, 0.25) is 0 Å². The first-order valence-electron chi connectivity index (χ1n) is 6.60. The summed E-state index contributed by atoms with van der Waals surface area (Å²) < 4.78 is 11.9. The Balaban J connectivity index is 2.37. The molecular formula is C14H16N4O3S. The van der Waals surface area contributed by atoms with E-state index in [1.807, 2.05) is 13.0 Å². The van der Waals surface area contributed by atoms with E-state index in [4.69, 9.17) is 21.7 Å². The number of H-pyrrole nitrogens is 1. The van der Waals surface area contributed by atoms with Gasteiger partial charge in [0, 0.05) is 0 Å². The minimum atomic E-state index is -0.363. The van der Waals surface area contributed by atoms with Crippen molar-refractivity contribution in [3.8, 4) is 11.5 Å². The van der Waals surface area contributed by atoms with Gasteiger partial charge in [-0.3, -0.25) is 9.89 Å². The van der Waals surface area contributed by atoms with Crippen LogP contribution in [0.5, 0.6) is 11.5 Å². The summed E-state index contributed by atoms with van der Waals surface area (Å²) >= 11 is 5.00. The molecule has 2 rings (SSSR count). The molecule has 1 N–H and O–H groups in total. The number of nitrogens with zero attached hydrogens (tertiary/aromatic N) is 3. The fourth-order valence-electron chi connectivity index (χ4n) is 1.74. The van der Waals surface area contributed by atoms with Gasteiger partial charge in [-0.05, 0) is 49.8 Å². The maximum absolute atomic E-state index is 11.9. The zero-order valence-electron chi connectivity index (χ0n) is 12.5. The van der Waals surface area contributed by atoms with Crippen molar-refractivity contribution in [3.63, 3.8) is 0 Å². The van der Waals surface area contributed by atoms with Crippen molar-refractivity contribution in [2.45, 2.75) is 13.8 Å². The van der Waals surface area contributed by atoms with Crippen LogP contribution in [0, 0.1) is 11.7 Å². The van der Waals surface area contributed by atoms with E-state index in [-0.39, 0.29) is 16.0 Å². The molecule has 0 unspecified atom stereocenters. The van der Waals surface area contributed by atoms with Crippen LogP contribution in [0.25, 0.3) is 0 Å². The Morgan fingerprint density at radius 1 is 1.45 bits per heavy atom. The van der Waals surface area contributed by atoms with E-state index < -0.39 is 0 Å². The molecular weight excluding hydrogens is 304 g/mol. The standard InChI is InChI=1S/C14H16N4O3S/c1-4-21-11-6-5-10(7-12(11)20-3)8-15-18-13(19)9(2)16-17-14(18)22/h5-8H,4H2,1-3H3,(H,17,22)/b15-8-. The molecule has 1 aromatic carbocycles. The number of aromatic amines is 1. The molecule has 1 heterocycles. The van der Waals surface area contributed by atoms with Crippen molar-refractivity contribution in [2.24, 2.45) is 5.10 Å². The second kappa shape index (κ2) is 6.99. The number of aromatic nitrogens is 3. The number of hydrogen-bond donors (Lipinski definition) is 1. The Bertz CT molecular complexity index is 810. The van der Waals surface area contributed by atoms with Crippen molar-refractivity contribution >= 4 is 18.4 Å². The van der Waals surface area contributed by atoms with Crippen molar-refractivity contribution in [1.82, 2.24) is 14.9 Å². The number of aryl methyl sites for hydroxylation is 1. The summed E-state index contributed by atoms with van der Waals surface area (Å²) in [6, 6.07) is 5.36. The zero-order valence-corrected chi connectivity index (χ0v) is 13.3. The van der Waals surface area contributed by atoms with Crippen LogP contribution in [-0.4, -0.2) is 34.8 Å². The fraction of sp³-hybridized carbons (Fsp3) is 0.286. The monoisotopic (exact) mass is 320 g/mol. The number of hydrogen-bond acceptors (Lipinski definition) is 6. The summed E-state index contributed by atoms with van der Waals surface area (Å²) in [5.74, 6) is 1.24. The molecule has 0 saturated carbocycles. The topological polar surface area (TPSA) is 81.5 Å². The highest BCUT2D eigenvalue weighted by atomic mass is 32.1. The van der Waals surface area contributed by atoms with Crippen LogP contribution in [0.4, 0.5) is 0 Å². The number of benzene rings is 1. The van der Waals surface area contributed by atoms with Gasteiger partial charge in [-0.2, -0.15) is 14.9 Å². The van der Waals surface area contributed by atoms with Crippen LogP contribution < -0.4 is 15.0 Å². The Morgan fingerprint density at radius 2 is 2.23 bits per heavy atom. The Kier molecular flexibility index (Phi) is 5.05. The van der Waals surface area contributed by atoms with E-state index in [0.29, 0.717) is 18.1 Å². The number of rotatable bonds is 5. The van der Waals surface area contributed by atoms with E-state index >= 15 is 0 Å². The molecule has 0 bridgehead atoms. The molecule has 2 aromatic rings. The molecule has 8 heteroatoms. The van der Waals surface area contributed by atoms with Crippen molar-refractivity contribution < 1.29 is 9.47 Å². The molecule has 0 radical (unpaired) electrons. The average Bonchev–Trinajstić information content (AvgIpc) is 2.52. The van der Waals surface area contributed by atoms with E-state index in [1.165, 1.54) is 6.21 Å². The second-order valence-corrected chi connectivity index (χ2v) is 4.71. The normalized spacial score (nSPS) is 10.9. The molecule has 0 fully saturated rings. The zero-order chi connectivity index (χ0) is 16.1. The quantitative estimate of drug-likeness (QED) is 0.672. The van der Waals surface area contributed by atoms with Gasteiger partial charge in [0.1, 0.15) is 5.69 Å². The molecule has 0 spiro atoms. The fourth-order valence-corrected chi connectivity index (χ4v) is 1.92. The van der Waals surface area contributed by atoms with Gasteiger partial charge in [-0.15, -0.1) is 0 Å². The summed E-state index contributed by atoms with van der Waals surface area (Å²) in [6.07, 6.45) is 1.52. The third-order valence-corrected chi connectivity index (χ3v) is 3.09. The first-order chi connectivity index (χ1) is 10.6. The predicted molar refractivity (Wildman–Crippen MR) is 85.6 cm³/mol. The minimum absolute atomic E-state index is 0.129. The van der Waals surface area contributed by atoms with Crippen LogP contribution in [-0.2, 0) is 0 Å². The smallest absolute Gasteiger partial charge is 0.296 e. The van der Waals surface area contributed by atoms with Crippen LogP contribution in [0.15, 0.2) is 28.1 Å². The van der Waals surface area contributed by atoms with Gasteiger partial charge >= 0.3 is 0 Å². The van der Waals surface area contributed by atoms with Gasteiger partial charge in [-0.1, -0.05) is 0 Å². The lowest BCUT2D eigenvalue weighted by Crippen LogP contribution is -2.22.